The lowest BCUT2D eigenvalue weighted by Crippen LogP contribution is -2.49. The Labute approximate surface area is 125 Å². The number of nitrogens with one attached hydrogen (secondary N) is 1. The van der Waals surface area contributed by atoms with Gasteiger partial charge in [0.1, 0.15) is 0 Å². The number of amides is 1. The Bertz CT molecular complexity index is 447. The topological polar surface area (TPSA) is 75.6 Å². The molecule has 2 atom stereocenters. The van der Waals surface area contributed by atoms with Crippen molar-refractivity contribution in [1.82, 2.24) is 5.32 Å². The number of unbranched alkanes of at least 4 members (excludes halogenated alkanes) is 2. The van der Waals surface area contributed by atoms with Crippen LogP contribution in [0.15, 0.2) is 30.3 Å². The van der Waals surface area contributed by atoms with E-state index in [1.807, 2.05) is 0 Å². The molecule has 0 spiro atoms. The van der Waals surface area contributed by atoms with Crippen molar-refractivity contribution in [1.29, 1.82) is 0 Å². The SMILES string of the molecule is CCCCC[C@H](O)[C@@H](NC(=O)c1ccccc1)C(=O)OC. The first-order chi connectivity index (χ1) is 10.1. The van der Waals surface area contributed by atoms with Crippen molar-refractivity contribution in [3.8, 4) is 0 Å². The summed E-state index contributed by atoms with van der Waals surface area (Å²) in [6.07, 6.45) is 2.29. The number of aliphatic hydroxyl groups is 1. The maximum Gasteiger partial charge on any atom is 0.331 e. The third kappa shape index (κ3) is 5.55. The van der Waals surface area contributed by atoms with E-state index in [9.17, 15) is 14.7 Å². The molecule has 1 aromatic carbocycles. The van der Waals surface area contributed by atoms with Gasteiger partial charge in [-0.15, -0.1) is 0 Å². The van der Waals surface area contributed by atoms with Crippen LogP contribution in [-0.2, 0) is 9.53 Å². The van der Waals surface area contributed by atoms with Crippen LogP contribution < -0.4 is 5.32 Å². The van der Waals surface area contributed by atoms with Gasteiger partial charge in [-0.1, -0.05) is 44.4 Å². The first-order valence-corrected chi connectivity index (χ1v) is 7.22. The molecular weight excluding hydrogens is 270 g/mol. The van der Waals surface area contributed by atoms with E-state index < -0.39 is 24.0 Å². The minimum absolute atomic E-state index is 0.402. The molecule has 5 heteroatoms. The Hall–Kier alpha value is -1.88. The highest BCUT2D eigenvalue weighted by atomic mass is 16.5. The van der Waals surface area contributed by atoms with Crippen molar-refractivity contribution in [2.45, 2.75) is 44.8 Å². The Morgan fingerprint density at radius 3 is 2.48 bits per heavy atom. The van der Waals surface area contributed by atoms with Gasteiger partial charge in [-0.3, -0.25) is 4.79 Å². The molecule has 0 unspecified atom stereocenters. The molecule has 0 bridgehead atoms. The van der Waals surface area contributed by atoms with E-state index in [0.717, 1.165) is 19.3 Å². The van der Waals surface area contributed by atoms with Crippen molar-refractivity contribution in [3.05, 3.63) is 35.9 Å². The number of benzene rings is 1. The van der Waals surface area contributed by atoms with E-state index in [-0.39, 0.29) is 0 Å². The minimum atomic E-state index is -1.04. The lowest BCUT2D eigenvalue weighted by Gasteiger charge is -2.22. The molecule has 1 amide bonds. The zero-order valence-corrected chi connectivity index (χ0v) is 12.5. The van der Waals surface area contributed by atoms with Gasteiger partial charge in [0, 0.05) is 5.56 Å². The van der Waals surface area contributed by atoms with Crippen molar-refractivity contribution in [2.75, 3.05) is 7.11 Å². The summed E-state index contributed by atoms with van der Waals surface area (Å²) in [5.41, 5.74) is 0.437. The summed E-state index contributed by atoms with van der Waals surface area (Å²) >= 11 is 0. The fourth-order valence-electron chi connectivity index (χ4n) is 2.02. The van der Waals surface area contributed by atoms with Gasteiger partial charge in [0.2, 0.25) is 0 Å². The van der Waals surface area contributed by atoms with Gasteiger partial charge >= 0.3 is 5.97 Å². The number of carbonyl (C=O) groups is 2. The maximum absolute atomic E-state index is 12.1. The quantitative estimate of drug-likeness (QED) is 0.567. The van der Waals surface area contributed by atoms with Crippen LogP contribution in [0.4, 0.5) is 0 Å². The maximum atomic E-state index is 12.1. The summed E-state index contributed by atoms with van der Waals surface area (Å²) in [5, 5.41) is 12.7. The first kappa shape index (κ1) is 17.2. The van der Waals surface area contributed by atoms with E-state index in [1.165, 1.54) is 7.11 Å². The summed E-state index contributed by atoms with van der Waals surface area (Å²) in [6, 6.07) is 7.52. The summed E-state index contributed by atoms with van der Waals surface area (Å²) in [4.78, 5) is 23.8. The normalized spacial score (nSPS) is 13.3. The Morgan fingerprint density at radius 1 is 1.24 bits per heavy atom. The third-order valence-corrected chi connectivity index (χ3v) is 3.27. The molecule has 0 saturated carbocycles. The fourth-order valence-corrected chi connectivity index (χ4v) is 2.02. The average Bonchev–Trinajstić information content (AvgIpc) is 2.52. The van der Waals surface area contributed by atoms with Gasteiger partial charge in [0.15, 0.2) is 6.04 Å². The molecule has 21 heavy (non-hydrogen) atoms. The lowest BCUT2D eigenvalue weighted by molar-refractivity contribution is -0.146. The molecule has 0 radical (unpaired) electrons. The van der Waals surface area contributed by atoms with Crippen LogP contribution in [-0.4, -0.2) is 36.2 Å². The van der Waals surface area contributed by atoms with Crippen LogP contribution in [0.3, 0.4) is 0 Å². The average molecular weight is 293 g/mol. The predicted molar refractivity (Wildman–Crippen MR) is 79.9 cm³/mol. The van der Waals surface area contributed by atoms with Gasteiger partial charge in [-0.2, -0.15) is 0 Å². The third-order valence-electron chi connectivity index (χ3n) is 3.27. The number of methoxy groups -OCH3 is 1. The molecule has 0 heterocycles. The van der Waals surface area contributed by atoms with Crippen LogP contribution >= 0.6 is 0 Å². The van der Waals surface area contributed by atoms with Gasteiger partial charge < -0.3 is 15.2 Å². The molecule has 0 aliphatic rings. The van der Waals surface area contributed by atoms with E-state index >= 15 is 0 Å². The standard InChI is InChI=1S/C16H23NO4/c1-3-4-6-11-13(18)14(16(20)21-2)17-15(19)12-9-7-5-8-10-12/h5,7-10,13-14,18H,3-4,6,11H2,1-2H3,(H,17,19)/t13-,14+/m0/s1. The predicted octanol–water partition coefficient (Wildman–Crippen LogP) is 1.90. The largest absolute Gasteiger partial charge is 0.467 e. The highest BCUT2D eigenvalue weighted by molar-refractivity contribution is 5.96. The zero-order chi connectivity index (χ0) is 15.7. The molecule has 5 nitrogen and oxygen atoms in total. The fraction of sp³-hybridized carbons (Fsp3) is 0.500. The number of esters is 1. The summed E-state index contributed by atoms with van der Waals surface area (Å²) in [6.45, 7) is 2.06. The van der Waals surface area contributed by atoms with Crippen LogP contribution in [0.1, 0.15) is 43.0 Å². The Kier molecular flexibility index (Phi) is 7.46. The Balaban J connectivity index is 2.69. The highest BCUT2D eigenvalue weighted by Gasteiger charge is 2.29. The van der Waals surface area contributed by atoms with Crippen molar-refractivity contribution < 1.29 is 19.4 Å². The summed E-state index contributed by atoms with van der Waals surface area (Å²) < 4.78 is 4.66. The van der Waals surface area contributed by atoms with Crippen molar-refractivity contribution in [2.24, 2.45) is 0 Å². The molecule has 0 aromatic heterocycles. The van der Waals surface area contributed by atoms with Crippen LogP contribution in [0.2, 0.25) is 0 Å². The first-order valence-electron chi connectivity index (χ1n) is 7.22. The van der Waals surface area contributed by atoms with Gasteiger partial charge in [0.25, 0.3) is 5.91 Å². The highest BCUT2D eigenvalue weighted by Crippen LogP contribution is 2.09. The number of rotatable bonds is 8. The molecule has 1 aromatic rings. The Morgan fingerprint density at radius 2 is 1.90 bits per heavy atom. The lowest BCUT2D eigenvalue weighted by atomic mass is 10.0. The number of carbonyl (C=O) groups excluding carboxylic acids is 2. The van der Waals surface area contributed by atoms with E-state index in [4.69, 9.17) is 0 Å². The van der Waals surface area contributed by atoms with Crippen molar-refractivity contribution >= 4 is 11.9 Å². The molecule has 116 valence electrons. The summed E-state index contributed by atoms with van der Waals surface area (Å²) in [5.74, 6) is -1.04. The van der Waals surface area contributed by atoms with E-state index in [2.05, 4.69) is 17.0 Å². The number of hydrogen-bond donors (Lipinski definition) is 2. The summed E-state index contributed by atoms with van der Waals surface area (Å²) in [7, 11) is 1.24. The zero-order valence-electron chi connectivity index (χ0n) is 12.5. The second-order valence-electron chi connectivity index (χ2n) is 4.90. The number of ether oxygens (including phenoxy) is 1. The molecule has 0 aliphatic carbocycles. The molecule has 0 aliphatic heterocycles. The monoisotopic (exact) mass is 293 g/mol. The second kappa shape index (κ2) is 9.13. The van der Waals surface area contributed by atoms with Crippen molar-refractivity contribution in [3.63, 3.8) is 0 Å². The van der Waals surface area contributed by atoms with E-state index in [1.54, 1.807) is 30.3 Å². The van der Waals surface area contributed by atoms with Crippen LogP contribution in [0, 0.1) is 0 Å². The molecule has 0 fully saturated rings. The van der Waals surface area contributed by atoms with Crippen LogP contribution in [0.5, 0.6) is 0 Å². The molecule has 2 N–H and O–H groups in total. The second-order valence-corrected chi connectivity index (χ2v) is 4.90. The van der Waals surface area contributed by atoms with E-state index in [0.29, 0.717) is 12.0 Å². The number of hydrogen-bond acceptors (Lipinski definition) is 4. The minimum Gasteiger partial charge on any atom is -0.467 e. The molecule has 1 rings (SSSR count). The smallest absolute Gasteiger partial charge is 0.331 e. The number of aliphatic hydroxyl groups excluding tert-OH is 1. The van der Waals surface area contributed by atoms with Crippen LogP contribution in [0.25, 0.3) is 0 Å². The van der Waals surface area contributed by atoms with Gasteiger partial charge in [-0.05, 0) is 18.6 Å². The molecular formula is C16H23NO4. The van der Waals surface area contributed by atoms with Gasteiger partial charge in [0.05, 0.1) is 13.2 Å². The molecule has 0 saturated heterocycles. The van der Waals surface area contributed by atoms with Gasteiger partial charge in [-0.25, -0.2) is 4.79 Å².